The second-order valence-corrected chi connectivity index (χ2v) is 9.36. The number of benzene rings is 3. The van der Waals surface area contributed by atoms with Crippen molar-refractivity contribution in [3.63, 3.8) is 0 Å². The van der Waals surface area contributed by atoms with Crippen LogP contribution in [0.15, 0.2) is 66.7 Å². The predicted octanol–water partition coefficient (Wildman–Crippen LogP) is 4.67. The number of alkyl halides is 3. The Hall–Kier alpha value is -4.09. The SMILES string of the molecule is CN1CCN(Cc2ccc(NC(=O)NCc3ccccc3Oc3ccc(C(N)=O)cc3)cc2C(F)(F)F)CC1. The van der Waals surface area contributed by atoms with Crippen molar-refractivity contribution in [1.29, 1.82) is 0 Å². The van der Waals surface area contributed by atoms with E-state index < -0.39 is 23.7 Å². The number of urea groups is 1. The van der Waals surface area contributed by atoms with Gasteiger partial charge in [0.15, 0.2) is 0 Å². The monoisotopic (exact) mass is 541 g/mol. The Bertz CT molecular complexity index is 1310. The van der Waals surface area contributed by atoms with E-state index in [-0.39, 0.29) is 24.3 Å². The number of amides is 3. The molecule has 4 N–H and O–H groups in total. The van der Waals surface area contributed by atoms with Gasteiger partial charge in [0, 0.05) is 56.1 Å². The largest absolute Gasteiger partial charge is 0.457 e. The fraction of sp³-hybridized carbons (Fsp3) is 0.286. The molecule has 0 unspecified atom stereocenters. The molecular formula is C28H30F3N5O3. The Morgan fingerprint density at radius 1 is 0.949 bits per heavy atom. The summed E-state index contributed by atoms with van der Waals surface area (Å²) in [5.41, 5.74) is 5.70. The van der Waals surface area contributed by atoms with Gasteiger partial charge in [0.2, 0.25) is 5.91 Å². The molecule has 1 fully saturated rings. The molecule has 1 heterocycles. The van der Waals surface area contributed by atoms with E-state index in [9.17, 15) is 22.8 Å². The lowest BCUT2D eigenvalue weighted by Crippen LogP contribution is -2.44. The number of rotatable bonds is 8. The van der Waals surface area contributed by atoms with Gasteiger partial charge >= 0.3 is 12.2 Å². The number of likely N-dealkylation sites (N-methyl/N-ethyl adjacent to an activating group) is 1. The number of nitrogens with zero attached hydrogens (tertiary/aromatic N) is 2. The zero-order valence-electron chi connectivity index (χ0n) is 21.4. The van der Waals surface area contributed by atoms with Crippen LogP contribution < -0.4 is 21.1 Å². The van der Waals surface area contributed by atoms with Crippen molar-refractivity contribution in [1.82, 2.24) is 15.1 Å². The summed E-state index contributed by atoms with van der Waals surface area (Å²) in [5.74, 6) is 0.384. The Morgan fingerprint density at radius 2 is 1.64 bits per heavy atom. The number of hydrogen-bond donors (Lipinski definition) is 3. The Labute approximate surface area is 224 Å². The summed E-state index contributed by atoms with van der Waals surface area (Å²) in [6, 6.07) is 16.5. The Balaban J connectivity index is 1.39. The lowest BCUT2D eigenvalue weighted by Gasteiger charge is -2.33. The van der Waals surface area contributed by atoms with Gasteiger partial charge in [-0.3, -0.25) is 9.69 Å². The van der Waals surface area contributed by atoms with Crippen LogP contribution in [0.4, 0.5) is 23.7 Å². The highest BCUT2D eigenvalue weighted by atomic mass is 19.4. The fourth-order valence-corrected chi connectivity index (χ4v) is 4.22. The molecule has 0 saturated carbocycles. The molecule has 0 aliphatic carbocycles. The smallest absolute Gasteiger partial charge is 0.416 e. The third-order valence-electron chi connectivity index (χ3n) is 6.44. The van der Waals surface area contributed by atoms with Crippen LogP contribution in [0.3, 0.4) is 0 Å². The van der Waals surface area contributed by atoms with Gasteiger partial charge in [-0.25, -0.2) is 4.79 Å². The molecule has 11 heteroatoms. The quantitative estimate of drug-likeness (QED) is 0.385. The van der Waals surface area contributed by atoms with E-state index in [0.29, 0.717) is 35.7 Å². The predicted molar refractivity (Wildman–Crippen MR) is 142 cm³/mol. The first-order valence-corrected chi connectivity index (χ1v) is 12.4. The van der Waals surface area contributed by atoms with Gasteiger partial charge < -0.3 is 26.0 Å². The summed E-state index contributed by atoms with van der Waals surface area (Å²) in [6.07, 6.45) is -4.55. The summed E-state index contributed by atoms with van der Waals surface area (Å²) in [5, 5.41) is 5.15. The van der Waals surface area contributed by atoms with E-state index in [1.807, 2.05) is 11.9 Å². The zero-order chi connectivity index (χ0) is 28.0. The van der Waals surface area contributed by atoms with Crippen molar-refractivity contribution in [2.45, 2.75) is 19.3 Å². The van der Waals surface area contributed by atoms with Crippen LogP contribution in [-0.2, 0) is 19.3 Å². The van der Waals surface area contributed by atoms with E-state index in [2.05, 4.69) is 15.5 Å². The van der Waals surface area contributed by atoms with Crippen LogP contribution in [0.5, 0.6) is 11.5 Å². The topological polar surface area (TPSA) is 99.9 Å². The van der Waals surface area contributed by atoms with Crippen LogP contribution >= 0.6 is 0 Å². The molecule has 1 aliphatic rings. The van der Waals surface area contributed by atoms with Crippen LogP contribution in [0.25, 0.3) is 0 Å². The van der Waals surface area contributed by atoms with Crippen molar-refractivity contribution < 1.29 is 27.5 Å². The van der Waals surface area contributed by atoms with Gasteiger partial charge in [0.25, 0.3) is 0 Å². The first-order valence-electron chi connectivity index (χ1n) is 12.4. The minimum Gasteiger partial charge on any atom is -0.457 e. The van der Waals surface area contributed by atoms with Gasteiger partial charge in [0.05, 0.1) is 5.56 Å². The normalized spacial score (nSPS) is 14.6. The van der Waals surface area contributed by atoms with Gasteiger partial charge in [-0.05, 0) is 55.1 Å². The number of ether oxygens (including phenoxy) is 1. The highest BCUT2D eigenvalue weighted by molar-refractivity contribution is 5.92. The van der Waals surface area contributed by atoms with E-state index in [1.165, 1.54) is 24.3 Å². The van der Waals surface area contributed by atoms with Crippen LogP contribution in [0, 0.1) is 0 Å². The number of para-hydroxylation sites is 1. The summed E-state index contributed by atoms with van der Waals surface area (Å²) >= 11 is 0. The van der Waals surface area contributed by atoms with Gasteiger partial charge in [-0.1, -0.05) is 24.3 Å². The van der Waals surface area contributed by atoms with Crippen molar-refractivity contribution in [2.24, 2.45) is 5.73 Å². The molecule has 4 rings (SSSR count). The minimum atomic E-state index is -4.55. The summed E-state index contributed by atoms with van der Waals surface area (Å²) in [7, 11) is 1.99. The molecule has 1 saturated heterocycles. The molecule has 0 aromatic heterocycles. The maximum atomic E-state index is 13.8. The molecule has 206 valence electrons. The molecule has 3 amide bonds. The van der Waals surface area contributed by atoms with Crippen LogP contribution in [-0.4, -0.2) is 55.0 Å². The summed E-state index contributed by atoms with van der Waals surface area (Å²) < 4.78 is 47.4. The zero-order valence-corrected chi connectivity index (χ0v) is 21.4. The van der Waals surface area contributed by atoms with Crippen molar-refractivity contribution in [2.75, 3.05) is 38.5 Å². The van der Waals surface area contributed by atoms with Crippen molar-refractivity contribution in [3.05, 3.63) is 89.0 Å². The average Bonchev–Trinajstić information content (AvgIpc) is 2.90. The molecule has 0 bridgehead atoms. The average molecular weight is 542 g/mol. The van der Waals surface area contributed by atoms with Crippen molar-refractivity contribution in [3.8, 4) is 11.5 Å². The molecule has 0 atom stereocenters. The third kappa shape index (κ3) is 7.71. The molecule has 0 spiro atoms. The molecule has 3 aromatic rings. The Kier molecular flexibility index (Phi) is 8.72. The number of halogens is 3. The standard InChI is InChI=1S/C28H30F3N5O3/c1-35-12-14-36(15-13-35)18-21-6-9-22(16-24(21)28(29,30)31)34-27(38)33-17-20-4-2-3-5-25(20)39-23-10-7-19(8-11-23)26(32)37/h2-11,16H,12-15,17-18H2,1H3,(H2,32,37)(H2,33,34,38). The third-order valence-corrected chi connectivity index (χ3v) is 6.44. The number of piperazine rings is 1. The van der Waals surface area contributed by atoms with Crippen LogP contribution in [0.1, 0.15) is 27.0 Å². The first-order chi connectivity index (χ1) is 18.6. The number of primary amides is 1. The summed E-state index contributed by atoms with van der Waals surface area (Å²) in [6.45, 7) is 3.25. The Morgan fingerprint density at radius 3 is 2.31 bits per heavy atom. The van der Waals surface area contributed by atoms with E-state index >= 15 is 0 Å². The summed E-state index contributed by atoms with van der Waals surface area (Å²) in [4.78, 5) is 27.9. The number of nitrogens with one attached hydrogen (secondary N) is 2. The lowest BCUT2D eigenvalue weighted by molar-refractivity contribution is -0.138. The van der Waals surface area contributed by atoms with E-state index in [0.717, 1.165) is 19.2 Å². The molecule has 39 heavy (non-hydrogen) atoms. The van der Waals surface area contributed by atoms with Crippen LogP contribution in [0.2, 0.25) is 0 Å². The number of carbonyl (C=O) groups excluding carboxylic acids is 2. The minimum absolute atomic E-state index is 0.0426. The van der Waals surface area contributed by atoms with Gasteiger partial charge in [0.1, 0.15) is 11.5 Å². The number of carbonyl (C=O) groups is 2. The molecule has 0 radical (unpaired) electrons. The van der Waals surface area contributed by atoms with Gasteiger partial charge in [-0.2, -0.15) is 13.2 Å². The second kappa shape index (κ2) is 12.2. The lowest BCUT2D eigenvalue weighted by atomic mass is 10.0. The molecule has 8 nitrogen and oxygen atoms in total. The molecule has 1 aliphatic heterocycles. The molecular weight excluding hydrogens is 511 g/mol. The second-order valence-electron chi connectivity index (χ2n) is 9.36. The maximum absolute atomic E-state index is 13.8. The van der Waals surface area contributed by atoms with Gasteiger partial charge in [-0.15, -0.1) is 0 Å². The highest BCUT2D eigenvalue weighted by Crippen LogP contribution is 2.34. The first kappa shape index (κ1) is 27.9. The highest BCUT2D eigenvalue weighted by Gasteiger charge is 2.34. The number of nitrogens with two attached hydrogens (primary N) is 1. The number of anilines is 1. The fourth-order valence-electron chi connectivity index (χ4n) is 4.22. The number of hydrogen-bond acceptors (Lipinski definition) is 5. The maximum Gasteiger partial charge on any atom is 0.416 e. The van der Waals surface area contributed by atoms with Crippen molar-refractivity contribution >= 4 is 17.6 Å². The molecule has 3 aromatic carbocycles. The van der Waals surface area contributed by atoms with E-state index in [4.69, 9.17) is 10.5 Å². The van der Waals surface area contributed by atoms with E-state index in [1.54, 1.807) is 36.4 Å².